The van der Waals surface area contributed by atoms with E-state index < -0.39 is 11.9 Å². The van der Waals surface area contributed by atoms with Crippen LogP contribution in [-0.4, -0.2) is 42.7 Å². The molecule has 0 spiro atoms. The van der Waals surface area contributed by atoms with Crippen LogP contribution in [0.25, 0.3) is 0 Å². The number of carbonyl (C=O) groups excluding carboxylic acids is 3. The molecule has 20 heavy (non-hydrogen) atoms. The number of rotatable bonds is 7. The van der Waals surface area contributed by atoms with Crippen molar-refractivity contribution in [3.05, 3.63) is 0 Å². The molecule has 0 aromatic heterocycles. The third kappa shape index (κ3) is 5.15. The highest BCUT2D eigenvalue weighted by Crippen LogP contribution is 2.24. The molecule has 0 unspecified atom stereocenters. The third-order valence-corrected chi connectivity index (χ3v) is 4.32. The van der Waals surface area contributed by atoms with Crippen LogP contribution >= 0.6 is 11.8 Å². The Morgan fingerprint density at radius 1 is 1.20 bits per heavy atom. The molecular formula is C14H24N2O3S. The normalized spacial score (nSPS) is 17.3. The zero-order chi connectivity index (χ0) is 15.0. The summed E-state index contributed by atoms with van der Waals surface area (Å²) in [7, 11) is 1.53. The summed E-state index contributed by atoms with van der Waals surface area (Å²) in [6.45, 7) is 0. The molecule has 0 aromatic carbocycles. The monoisotopic (exact) mass is 300 g/mol. The molecule has 1 aliphatic rings. The molecular weight excluding hydrogens is 276 g/mol. The van der Waals surface area contributed by atoms with E-state index in [0.717, 1.165) is 37.9 Å². The third-order valence-electron chi connectivity index (χ3n) is 3.68. The van der Waals surface area contributed by atoms with Gasteiger partial charge < -0.3 is 10.6 Å². The van der Waals surface area contributed by atoms with Crippen LogP contribution in [0.3, 0.4) is 0 Å². The lowest BCUT2D eigenvalue weighted by atomic mass is 9.86. The maximum Gasteiger partial charge on any atom is 0.288 e. The summed E-state index contributed by atoms with van der Waals surface area (Å²) in [5, 5.41) is 5.11. The summed E-state index contributed by atoms with van der Waals surface area (Å²) >= 11 is 1.61. The first-order chi connectivity index (χ1) is 9.60. The first-order valence-corrected chi connectivity index (χ1v) is 8.54. The van der Waals surface area contributed by atoms with Crippen LogP contribution in [0.15, 0.2) is 0 Å². The summed E-state index contributed by atoms with van der Waals surface area (Å²) in [6.07, 6.45) is 7.22. The van der Waals surface area contributed by atoms with Gasteiger partial charge in [0.1, 0.15) is 6.04 Å². The molecule has 0 heterocycles. The number of likely N-dealkylation sites (N-methyl/N-ethyl adjacent to an activating group) is 1. The van der Waals surface area contributed by atoms with Gasteiger partial charge in [0.05, 0.1) is 0 Å². The lowest BCUT2D eigenvalue weighted by Gasteiger charge is -2.21. The van der Waals surface area contributed by atoms with Gasteiger partial charge in [-0.25, -0.2) is 0 Å². The van der Waals surface area contributed by atoms with Crippen LogP contribution in [0.4, 0.5) is 0 Å². The standard InChI is InChI=1S/C14H24N2O3S/c1-15-13(18)11(8-9-20-2)16-14(19)12(17)10-6-4-3-5-7-10/h10-11H,3-9H2,1-2H3,(H,15,18)(H,16,19)/t11-/m0/s1. The van der Waals surface area contributed by atoms with E-state index in [1.165, 1.54) is 7.05 Å². The Morgan fingerprint density at radius 2 is 1.85 bits per heavy atom. The molecule has 2 N–H and O–H groups in total. The SMILES string of the molecule is CNC(=O)[C@H](CCSC)NC(=O)C(=O)C1CCCCC1. The fourth-order valence-corrected chi connectivity index (χ4v) is 2.93. The number of carbonyl (C=O) groups is 3. The average molecular weight is 300 g/mol. The molecule has 1 fully saturated rings. The van der Waals surface area contributed by atoms with Crippen molar-refractivity contribution in [1.29, 1.82) is 0 Å². The Balaban J connectivity index is 2.55. The Hall–Kier alpha value is -1.04. The molecule has 6 heteroatoms. The van der Waals surface area contributed by atoms with E-state index in [9.17, 15) is 14.4 Å². The van der Waals surface area contributed by atoms with E-state index >= 15 is 0 Å². The van der Waals surface area contributed by atoms with Crippen molar-refractivity contribution in [1.82, 2.24) is 10.6 Å². The topological polar surface area (TPSA) is 75.3 Å². The summed E-state index contributed by atoms with van der Waals surface area (Å²) < 4.78 is 0. The van der Waals surface area contributed by atoms with Gasteiger partial charge in [0, 0.05) is 13.0 Å². The quantitative estimate of drug-likeness (QED) is 0.691. The van der Waals surface area contributed by atoms with Crippen molar-refractivity contribution < 1.29 is 14.4 Å². The van der Waals surface area contributed by atoms with Crippen LogP contribution in [0, 0.1) is 5.92 Å². The minimum atomic E-state index is -0.618. The second-order valence-electron chi connectivity index (χ2n) is 5.12. The predicted molar refractivity (Wildman–Crippen MR) is 80.6 cm³/mol. The molecule has 0 aliphatic heterocycles. The number of Topliss-reactive ketones (excluding diaryl/α,β-unsaturated/α-hetero) is 1. The molecule has 1 saturated carbocycles. The highest BCUT2D eigenvalue weighted by atomic mass is 32.2. The van der Waals surface area contributed by atoms with Gasteiger partial charge in [-0.2, -0.15) is 11.8 Å². The minimum absolute atomic E-state index is 0.158. The van der Waals surface area contributed by atoms with Gasteiger partial charge in [0.2, 0.25) is 11.7 Å². The number of thioether (sulfide) groups is 1. The first-order valence-electron chi connectivity index (χ1n) is 7.15. The Morgan fingerprint density at radius 3 is 2.40 bits per heavy atom. The maximum atomic E-state index is 12.1. The number of ketones is 1. The van der Waals surface area contributed by atoms with E-state index in [1.807, 2.05) is 6.26 Å². The van der Waals surface area contributed by atoms with Crippen molar-refractivity contribution in [3.8, 4) is 0 Å². The summed E-state index contributed by atoms with van der Waals surface area (Å²) in [5.74, 6) is -0.608. The second-order valence-corrected chi connectivity index (χ2v) is 6.11. The second kappa shape index (κ2) is 9.00. The number of hydrogen-bond acceptors (Lipinski definition) is 4. The van der Waals surface area contributed by atoms with Crippen LogP contribution in [0.1, 0.15) is 38.5 Å². The molecule has 5 nitrogen and oxygen atoms in total. The molecule has 0 bridgehead atoms. The summed E-state index contributed by atoms with van der Waals surface area (Å²) in [5.41, 5.74) is 0. The predicted octanol–water partition coefficient (Wildman–Crippen LogP) is 1.12. The molecule has 1 atom stereocenters. The van der Waals surface area contributed by atoms with Crippen LogP contribution < -0.4 is 10.6 Å². The summed E-state index contributed by atoms with van der Waals surface area (Å²) in [6, 6.07) is -0.618. The Kier molecular flexibility index (Phi) is 7.65. The van der Waals surface area contributed by atoms with Crippen molar-refractivity contribution >= 4 is 29.4 Å². The molecule has 0 saturated heterocycles. The highest BCUT2D eigenvalue weighted by Gasteiger charge is 2.29. The van der Waals surface area contributed by atoms with Crippen molar-refractivity contribution in [2.24, 2.45) is 5.92 Å². The van der Waals surface area contributed by atoms with E-state index in [0.29, 0.717) is 6.42 Å². The van der Waals surface area contributed by atoms with Gasteiger partial charge >= 0.3 is 0 Å². The maximum absolute atomic E-state index is 12.1. The Labute approximate surface area is 124 Å². The molecule has 2 amide bonds. The molecule has 1 rings (SSSR count). The van der Waals surface area contributed by atoms with Crippen molar-refractivity contribution in [2.45, 2.75) is 44.6 Å². The fraction of sp³-hybridized carbons (Fsp3) is 0.786. The van der Waals surface area contributed by atoms with Crippen molar-refractivity contribution in [2.75, 3.05) is 19.1 Å². The fourth-order valence-electron chi connectivity index (χ4n) is 2.46. The molecule has 0 aromatic rings. The largest absolute Gasteiger partial charge is 0.357 e. The van der Waals surface area contributed by atoms with Gasteiger partial charge in [-0.1, -0.05) is 19.3 Å². The van der Waals surface area contributed by atoms with Gasteiger partial charge in [-0.3, -0.25) is 14.4 Å². The van der Waals surface area contributed by atoms with Gasteiger partial charge in [0.25, 0.3) is 5.91 Å². The van der Waals surface area contributed by atoms with E-state index in [1.54, 1.807) is 11.8 Å². The van der Waals surface area contributed by atoms with Crippen molar-refractivity contribution in [3.63, 3.8) is 0 Å². The Bertz CT molecular complexity index is 354. The van der Waals surface area contributed by atoms with Crippen LogP contribution in [0.2, 0.25) is 0 Å². The van der Waals surface area contributed by atoms with E-state index in [2.05, 4.69) is 10.6 Å². The highest BCUT2D eigenvalue weighted by molar-refractivity contribution is 7.98. The lowest BCUT2D eigenvalue weighted by molar-refractivity contribution is -0.142. The molecule has 1 aliphatic carbocycles. The number of amides is 2. The van der Waals surface area contributed by atoms with Gasteiger partial charge in [-0.15, -0.1) is 0 Å². The summed E-state index contributed by atoms with van der Waals surface area (Å²) in [4.78, 5) is 35.8. The molecule has 0 radical (unpaired) electrons. The minimum Gasteiger partial charge on any atom is -0.357 e. The average Bonchev–Trinajstić information content (AvgIpc) is 2.50. The van der Waals surface area contributed by atoms with E-state index in [-0.39, 0.29) is 17.6 Å². The zero-order valence-corrected chi connectivity index (χ0v) is 13.1. The van der Waals surface area contributed by atoms with Crippen LogP contribution in [0.5, 0.6) is 0 Å². The van der Waals surface area contributed by atoms with Gasteiger partial charge in [-0.05, 0) is 31.3 Å². The lowest BCUT2D eigenvalue weighted by Crippen LogP contribution is -2.49. The van der Waals surface area contributed by atoms with Gasteiger partial charge in [0.15, 0.2) is 0 Å². The van der Waals surface area contributed by atoms with E-state index in [4.69, 9.17) is 0 Å². The number of hydrogen-bond donors (Lipinski definition) is 2. The van der Waals surface area contributed by atoms with Crippen LogP contribution in [-0.2, 0) is 14.4 Å². The number of nitrogens with one attached hydrogen (secondary N) is 2. The first kappa shape index (κ1) is 17.0. The zero-order valence-electron chi connectivity index (χ0n) is 12.2. The molecule has 114 valence electrons. The smallest absolute Gasteiger partial charge is 0.288 e.